The Bertz CT molecular complexity index is 654. The standard InChI is InChI=1S/C20H32FN5O2.HI/c1-4-22-20(23-13-18(15(2)3)26-8-10-28-11-9-26)24-14-19(27)25-17-7-5-6-16(21)12-17;/h5-7,12,15,18H,4,8-11,13-14H2,1-3H3,(H,25,27)(H2,22,23,24);1H. The highest BCUT2D eigenvalue weighted by Crippen LogP contribution is 2.12. The van der Waals surface area contributed by atoms with Gasteiger partial charge in [-0.05, 0) is 31.0 Å². The molecule has 1 heterocycles. The van der Waals surface area contributed by atoms with Crippen molar-refractivity contribution in [3.05, 3.63) is 30.1 Å². The molecule has 7 nitrogen and oxygen atoms in total. The number of benzene rings is 1. The molecule has 1 fully saturated rings. The molecule has 0 saturated carbocycles. The van der Waals surface area contributed by atoms with Crippen molar-refractivity contribution in [2.45, 2.75) is 26.8 Å². The molecule has 9 heteroatoms. The van der Waals surface area contributed by atoms with Gasteiger partial charge in [-0.2, -0.15) is 0 Å². The molecule has 164 valence electrons. The molecule has 1 amide bonds. The van der Waals surface area contributed by atoms with Crippen molar-refractivity contribution in [2.24, 2.45) is 10.9 Å². The van der Waals surface area contributed by atoms with E-state index in [0.717, 1.165) is 32.8 Å². The van der Waals surface area contributed by atoms with E-state index in [0.29, 0.717) is 30.2 Å². The summed E-state index contributed by atoms with van der Waals surface area (Å²) in [5.74, 6) is 0.385. The summed E-state index contributed by atoms with van der Waals surface area (Å²) in [6.07, 6.45) is 0. The minimum atomic E-state index is -0.390. The number of carbonyl (C=O) groups excluding carboxylic acids is 1. The molecule has 2 rings (SSSR count). The highest BCUT2D eigenvalue weighted by Gasteiger charge is 2.23. The van der Waals surface area contributed by atoms with Gasteiger partial charge in [0.25, 0.3) is 0 Å². The van der Waals surface area contributed by atoms with Gasteiger partial charge in [0.05, 0.1) is 13.2 Å². The molecule has 29 heavy (non-hydrogen) atoms. The van der Waals surface area contributed by atoms with Crippen LogP contribution in [0.2, 0.25) is 0 Å². The van der Waals surface area contributed by atoms with Crippen molar-refractivity contribution in [3.8, 4) is 0 Å². The predicted molar refractivity (Wildman–Crippen MR) is 125 cm³/mol. The topological polar surface area (TPSA) is 78.0 Å². The number of ether oxygens (including phenoxy) is 1. The Morgan fingerprint density at radius 3 is 2.62 bits per heavy atom. The molecular formula is C20H33FIN5O2. The third kappa shape index (κ3) is 9.26. The largest absolute Gasteiger partial charge is 0.379 e. The monoisotopic (exact) mass is 521 g/mol. The van der Waals surface area contributed by atoms with Crippen LogP contribution < -0.4 is 16.0 Å². The third-order valence-electron chi connectivity index (χ3n) is 4.60. The number of halogens is 2. The quantitative estimate of drug-likeness (QED) is 0.278. The van der Waals surface area contributed by atoms with Crippen LogP contribution in [0.15, 0.2) is 29.3 Å². The van der Waals surface area contributed by atoms with E-state index in [-0.39, 0.29) is 42.2 Å². The first-order valence-corrected chi connectivity index (χ1v) is 9.89. The zero-order valence-corrected chi connectivity index (χ0v) is 19.7. The normalized spacial score (nSPS) is 16.1. The van der Waals surface area contributed by atoms with Gasteiger partial charge in [0.2, 0.25) is 5.91 Å². The molecule has 0 bridgehead atoms. The zero-order chi connectivity index (χ0) is 20.4. The summed E-state index contributed by atoms with van der Waals surface area (Å²) in [6, 6.07) is 6.16. The lowest BCUT2D eigenvalue weighted by atomic mass is 10.0. The molecule has 1 unspecified atom stereocenters. The van der Waals surface area contributed by atoms with Crippen LogP contribution >= 0.6 is 24.0 Å². The first-order chi connectivity index (χ1) is 13.5. The first kappa shape index (κ1) is 25.6. The number of nitrogens with zero attached hydrogens (tertiary/aromatic N) is 2. The van der Waals surface area contributed by atoms with Gasteiger partial charge in [-0.1, -0.05) is 19.9 Å². The van der Waals surface area contributed by atoms with Crippen LogP contribution in [0.5, 0.6) is 0 Å². The highest BCUT2D eigenvalue weighted by atomic mass is 127. The summed E-state index contributed by atoms with van der Waals surface area (Å²) in [5.41, 5.74) is 0.422. The zero-order valence-electron chi connectivity index (χ0n) is 17.4. The Balaban J connectivity index is 0.00000420. The maximum Gasteiger partial charge on any atom is 0.246 e. The van der Waals surface area contributed by atoms with Crippen molar-refractivity contribution in [3.63, 3.8) is 0 Å². The Labute approximate surface area is 189 Å². The average molecular weight is 521 g/mol. The lowest BCUT2D eigenvalue weighted by molar-refractivity contribution is -0.114. The number of rotatable bonds is 8. The number of anilines is 1. The van der Waals surface area contributed by atoms with Gasteiger partial charge in [-0.3, -0.25) is 9.69 Å². The predicted octanol–water partition coefficient (Wildman–Crippen LogP) is 2.29. The summed E-state index contributed by atoms with van der Waals surface area (Å²) in [5, 5.41) is 9.16. The van der Waals surface area contributed by atoms with Crippen molar-refractivity contribution < 1.29 is 13.9 Å². The third-order valence-corrected chi connectivity index (χ3v) is 4.60. The molecule has 1 aliphatic rings. The van der Waals surface area contributed by atoms with E-state index >= 15 is 0 Å². The van der Waals surface area contributed by atoms with Crippen molar-refractivity contribution in [2.75, 3.05) is 51.3 Å². The van der Waals surface area contributed by atoms with E-state index in [4.69, 9.17) is 4.74 Å². The highest BCUT2D eigenvalue weighted by molar-refractivity contribution is 14.0. The number of guanidine groups is 1. The van der Waals surface area contributed by atoms with Crippen molar-refractivity contribution in [1.82, 2.24) is 15.5 Å². The Kier molecular flexibility index (Phi) is 12.1. The summed E-state index contributed by atoms with van der Waals surface area (Å²) < 4.78 is 18.7. The van der Waals surface area contributed by atoms with Crippen LogP contribution in [0.1, 0.15) is 20.8 Å². The van der Waals surface area contributed by atoms with Gasteiger partial charge in [-0.25, -0.2) is 9.38 Å². The molecule has 3 N–H and O–H groups in total. The molecule has 0 radical (unpaired) electrons. The number of hydrogen-bond donors (Lipinski definition) is 3. The van der Waals surface area contributed by atoms with E-state index in [1.165, 1.54) is 12.1 Å². The second kappa shape index (κ2) is 13.7. The number of nitrogens with one attached hydrogen (secondary N) is 3. The van der Waals surface area contributed by atoms with Gasteiger partial charge >= 0.3 is 0 Å². The van der Waals surface area contributed by atoms with Gasteiger partial charge in [0, 0.05) is 37.9 Å². The molecule has 1 aliphatic heterocycles. The van der Waals surface area contributed by atoms with Crippen LogP contribution in [0.3, 0.4) is 0 Å². The van der Waals surface area contributed by atoms with E-state index in [9.17, 15) is 9.18 Å². The number of hydrogen-bond acceptors (Lipinski definition) is 4. The minimum absolute atomic E-state index is 0. The first-order valence-electron chi connectivity index (χ1n) is 9.89. The van der Waals surface area contributed by atoms with E-state index in [1.54, 1.807) is 12.1 Å². The molecular weight excluding hydrogens is 488 g/mol. The van der Waals surface area contributed by atoms with Crippen LogP contribution in [0.4, 0.5) is 10.1 Å². The van der Waals surface area contributed by atoms with E-state index < -0.39 is 0 Å². The lowest BCUT2D eigenvalue weighted by Crippen LogP contribution is -2.52. The molecule has 1 aromatic carbocycles. The molecule has 0 aliphatic carbocycles. The van der Waals surface area contributed by atoms with E-state index in [2.05, 4.69) is 39.7 Å². The van der Waals surface area contributed by atoms with Gasteiger partial charge in [0.15, 0.2) is 5.96 Å². The molecule has 1 atom stereocenters. The number of amides is 1. The second-order valence-electron chi connectivity index (χ2n) is 7.09. The van der Waals surface area contributed by atoms with Crippen molar-refractivity contribution in [1.29, 1.82) is 0 Å². The SMILES string of the molecule is CCNC(=NCC(=O)Nc1cccc(F)c1)NCC(C(C)C)N1CCOCC1.I. The fraction of sp³-hybridized carbons (Fsp3) is 0.600. The number of carbonyl (C=O) groups is 1. The van der Waals surface area contributed by atoms with Crippen LogP contribution in [-0.2, 0) is 9.53 Å². The Hall–Kier alpha value is -1.46. The Morgan fingerprint density at radius 1 is 1.28 bits per heavy atom. The molecule has 1 saturated heterocycles. The summed E-state index contributed by atoms with van der Waals surface area (Å²) in [4.78, 5) is 18.9. The minimum Gasteiger partial charge on any atom is -0.379 e. The smallest absolute Gasteiger partial charge is 0.246 e. The summed E-state index contributed by atoms with van der Waals surface area (Å²) in [7, 11) is 0. The molecule has 0 aromatic heterocycles. The Morgan fingerprint density at radius 2 is 2.00 bits per heavy atom. The van der Waals surface area contributed by atoms with E-state index in [1.807, 2.05) is 6.92 Å². The summed E-state index contributed by atoms with van der Waals surface area (Å²) in [6.45, 7) is 11.1. The van der Waals surface area contributed by atoms with Gasteiger partial charge in [0.1, 0.15) is 12.4 Å². The molecule has 0 spiro atoms. The fourth-order valence-electron chi connectivity index (χ4n) is 3.16. The lowest BCUT2D eigenvalue weighted by Gasteiger charge is -2.37. The van der Waals surface area contributed by atoms with Crippen molar-refractivity contribution >= 4 is 41.5 Å². The fourth-order valence-corrected chi connectivity index (χ4v) is 3.16. The summed E-state index contributed by atoms with van der Waals surface area (Å²) >= 11 is 0. The van der Waals surface area contributed by atoms with Crippen LogP contribution in [-0.4, -0.2) is 68.7 Å². The van der Waals surface area contributed by atoms with Crippen LogP contribution in [0.25, 0.3) is 0 Å². The van der Waals surface area contributed by atoms with Gasteiger partial charge in [-0.15, -0.1) is 24.0 Å². The van der Waals surface area contributed by atoms with Crippen LogP contribution in [0, 0.1) is 11.7 Å². The average Bonchev–Trinajstić information content (AvgIpc) is 2.67. The number of aliphatic imine (C=N–C) groups is 1. The molecule has 1 aromatic rings. The van der Waals surface area contributed by atoms with Gasteiger partial charge < -0.3 is 20.7 Å². The maximum atomic E-state index is 13.2. The number of morpholine rings is 1. The maximum absolute atomic E-state index is 13.2. The second-order valence-corrected chi connectivity index (χ2v) is 7.09.